The number of ether oxygens (including phenoxy) is 1. The van der Waals surface area contributed by atoms with Gasteiger partial charge in [0.1, 0.15) is 5.82 Å². The number of nitrogens with zero attached hydrogens (tertiary/aromatic N) is 1. The van der Waals surface area contributed by atoms with Gasteiger partial charge in [0, 0.05) is 20.9 Å². The van der Waals surface area contributed by atoms with Crippen molar-refractivity contribution in [2.24, 2.45) is 0 Å². The number of aryl methyl sites for hydroxylation is 1. The molecule has 0 aliphatic heterocycles. The second-order valence-electron chi connectivity index (χ2n) is 4.03. The molecule has 0 bridgehead atoms. The highest BCUT2D eigenvalue weighted by atomic mass is 127. The molecule has 0 amide bonds. The van der Waals surface area contributed by atoms with Crippen LogP contribution >= 0.6 is 22.6 Å². The maximum Gasteiger partial charge on any atom is 0.357 e. The van der Waals surface area contributed by atoms with Crippen molar-refractivity contribution in [2.75, 3.05) is 7.11 Å². The van der Waals surface area contributed by atoms with E-state index in [2.05, 4.69) is 9.72 Å². The van der Waals surface area contributed by atoms with Crippen LogP contribution in [0.4, 0.5) is 4.39 Å². The van der Waals surface area contributed by atoms with Crippen LogP contribution in [-0.4, -0.2) is 18.1 Å². The molecule has 0 saturated heterocycles. The lowest BCUT2D eigenvalue weighted by atomic mass is 10.0. The molecule has 1 aromatic carbocycles. The molecule has 3 nitrogen and oxygen atoms in total. The predicted molar refractivity (Wildman–Crippen MR) is 78.4 cm³/mol. The van der Waals surface area contributed by atoms with E-state index in [1.54, 1.807) is 18.2 Å². The Labute approximate surface area is 124 Å². The topological polar surface area (TPSA) is 39.2 Å². The number of halogens is 2. The van der Waals surface area contributed by atoms with E-state index >= 15 is 0 Å². The van der Waals surface area contributed by atoms with E-state index in [0.29, 0.717) is 14.7 Å². The van der Waals surface area contributed by atoms with Crippen LogP contribution in [0.5, 0.6) is 0 Å². The van der Waals surface area contributed by atoms with Gasteiger partial charge in [-0.25, -0.2) is 14.2 Å². The quantitative estimate of drug-likeness (QED) is 0.599. The maximum absolute atomic E-state index is 13.8. The summed E-state index contributed by atoms with van der Waals surface area (Å²) in [6.45, 7) is 1.89. The SMILES string of the molecule is COC(=O)c1ncc(-c2cc(C)ccc2F)cc1I. The zero-order chi connectivity index (χ0) is 14.0. The minimum absolute atomic E-state index is 0.236. The van der Waals surface area contributed by atoms with Crippen LogP contribution in [0.1, 0.15) is 16.1 Å². The van der Waals surface area contributed by atoms with Crippen molar-refractivity contribution in [1.29, 1.82) is 0 Å². The van der Waals surface area contributed by atoms with Gasteiger partial charge in [-0.15, -0.1) is 0 Å². The Balaban J connectivity index is 2.50. The fraction of sp³-hybridized carbons (Fsp3) is 0.143. The Bertz CT molecular complexity index is 643. The van der Waals surface area contributed by atoms with E-state index in [1.807, 2.05) is 29.5 Å². The average Bonchev–Trinajstić information content (AvgIpc) is 2.40. The van der Waals surface area contributed by atoms with Gasteiger partial charge in [0.2, 0.25) is 0 Å². The number of esters is 1. The van der Waals surface area contributed by atoms with Crippen molar-refractivity contribution >= 4 is 28.6 Å². The Morgan fingerprint density at radius 1 is 1.37 bits per heavy atom. The molecule has 0 aliphatic rings. The number of pyridine rings is 1. The van der Waals surface area contributed by atoms with Crippen LogP contribution in [0.25, 0.3) is 11.1 Å². The monoisotopic (exact) mass is 371 g/mol. The average molecular weight is 371 g/mol. The molecule has 1 heterocycles. The van der Waals surface area contributed by atoms with Crippen molar-refractivity contribution in [3.05, 3.63) is 51.1 Å². The summed E-state index contributed by atoms with van der Waals surface area (Å²) in [5, 5.41) is 0. The Morgan fingerprint density at radius 2 is 2.11 bits per heavy atom. The first-order valence-corrected chi connectivity index (χ1v) is 6.61. The maximum atomic E-state index is 13.8. The van der Waals surface area contributed by atoms with E-state index in [0.717, 1.165) is 5.56 Å². The lowest BCUT2D eigenvalue weighted by molar-refractivity contribution is 0.0593. The molecule has 0 unspecified atom stereocenters. The van der Waals surface area contributed by atoms with Gasteiger partial charge in [-0.3, -0.25) is 0 Å². The Kier molecular flexibility index (Phi) is 4.14. The van der Waals surface area contributed by atoms with E-state index in [-0.39, 0.29) is 11.5 Å². The van der Waals surface area contributed by atoms with Crippen molar-refractivity contribution in [3.8, 4) is 11.1 Å². The van der Waals surface area contributed by atoms with Crippen molar-refractivity contribution in [2.45, 2.75) is 6.92 Å². The van der Waals surface area contributed by atoms with Crippen molar-refractivity contribution < 1.29 is 13.9 Å². The van der Waals surface area contributed by atoms with Crippen molar-refractivity contribution in [3.63, 3.8) is 0 Å². The molecular formula is C14H11FINO2. The van der Waals surface area contributed by atoms with E-state index in [1.165, 1.54) is 19.4 Å². The van der Waals surface area contributed by atoms with Gasteiger partial charge in [-0.1, -0.05) is 11.6 Å². The molecular weight excluding hydrogens is 360 g/mol. The van der Waals surface area contributed by atoms with Crippen LogP contribution in [0, 0.1) is 16.3 Å². The number of carbonyl (C=O) groups excluding carboxylic acids is 1. The van der Waals surface area contributed by atoms with Gasteiger partial charge in [0.15, 0.2) is 5.69 Å². The third-order valence-electron chi connectivity index (χ3n) is 2.65. The van der Waals surface area contributed by atoms with Crippen LogP contribution < -0.4 is 0 Å². The van der Waals surface area contributed by atoms with Gasteiger partial charge in [-0.2, -0.15) is 0 Å². The lowest BCUT2D eigenvalue weighted by Crippen LogP contribution is -2.07. The zero-order valence-corrected chi connectivity index (χ0v) is 12.6. The molecule has 0 aliphatic carbocycles. The normalized spacial score (nSPS) is 10.3. The van der Waals surface area contributed by atoms with E-state index in [9.17, 15) is 9.18 Å². The number of carbonyl (C=O) groups is 1. The Hall–Kier alpha value is -1.50. The molecule has 1 aromatic heterocycles. The van der Waals surface area contributed by atoms with Crippen LogP contribution in [0.2, 0.25) is 0 Å². The number of rotatable bonds is 2. The van der Waals surface area contributed by atoms with Gasteiger partial charge < -0.3 is 4.74 Å². The lowest BCUT2D eigenvalue weighted by Gasteiger charge is -2.07. The molecule has 19 heavy (non-hydrogen) atoms. The fourth-order valence-corrected chi connectivity index (χ4v) is 2.39. The number of aromatic nitrogens is 1. The van der Waals surface area contributed by atoms with E-state index in [4.69, 9.17) is 0 Å². The summed E-state index contributed by atoms with van der Waals surface area (Å²) >= 11 is 1.99. The third-order valence-corrected chi connectivity index (χ3v) is 3.48. The summed E-state index contributed by atoms with van der Waals surface area (Å²) in [6.07, 6.45) is 1.48. The first kappa shape index (κ1) is 13.9. The predicted octanol–water partition coefficient (Wildman–Crippen LogP) is 3.59. The summed E-state index contributed by atoms with van der Waals surface area (Å²) < 4.78 is 19.0. The van der Waals surface area contributed by atoms with Crippen LogP contribution in [0.15, 0.2) is 30.5 Å². The van der Waals surface area contributed by atoms with Gasteiger partial charge in [-0.05, 0) is 47.7 Å². The zero-order valence-electron chi connectivity index (χ0n) is 10.4. The molecule has 0 atom stereocenters. The van der Waals surface area contributed by atoms with Gasteiger partial charge in [0.25, 0.3) is 0 Å². The third kappa shape index (κ3) is 2.91. The Morgan fingerprint density at radius 3 is 2.74 bits per heavy atom. The minimum atomic E-state index is -0.499. The molecule has 2 rings (SSSR count). The number of hydrogen-bond donors (Lipinski definition) is 0. The van der Waals surface area contributed by atoms with Crippen LogP contribution in [-0.2, 0) is 4.74 Å². The summed E-state index contributed by atoms with van der Waals surface area (Å²) in [5.74, 6) is -0.810. The smallest absolute Gasteiger partial charge is 0.357 e. The molecule has 98 valence electrons. The molecule has 0 spiro atoms. The second-order valence-corrected chi connectivity index (χ2v) is 5.19. The fourth-order valence-electron chi connectivity index (χ4n) is 1.69. The summed E-state index contributed by atoms with van der Waals surface area (Å²) in [5.41, 5.74) is 2.31. The largest absolute Gasteiger partial charge is 0.464 e. The van der Waals surface area contributed by atoms with Crippen molar-refractivity contribution in [1.82, 2.24) is 4.98 Å². The molecule has 0 saturated carbocycles. The summed E-state index contributed by atoms with van der Waals surface area (Å²) in [7, 11) is 1.30. The highest BCUT2D eigenvalue weighted by molar-refractivity contribution is 14.1. The molecule has 5 heteroatoms. The molecule has 2 aromatic rings. The highest BCUT2D eigenvalue weighted by Crippen LogP contribution is 2.25. The summed E-state index contributed by atoms with van der Waals surface area (Å²) in [6, 6.07) is 6.60. The number of methoxy groups -OCH3 is 1. The summed E-state index contributed by atoms with van der Waals surface area (Å²) in [4.78, 5) is 15.5. The molecule has 0 N–H and O–H groups in total. The second kappa shape index (κ2) is 5.64. The minimum Gasteiger partial charge on any atom is -0.464 e. The first-order valence-electron chi connectivity index (χ1n) is 5.53. The van der Waals surface area contributed by atoms with Gasteiger partial charge >= 0.3 is 5.97 Å². The van der Waals surface area contributed by atoms with E-state index < -0.39 is 5.97 Å². The first-order chi connectivity index (χ1) is 9.02. The van der Waals surface area contributed by atoms with Crippen LogP contribution in [0.3, 0.4) is 0 Å². The molecule has 0 radical (unpaired) electrons. The molecule has 0 fully saturated rings. The number of hydrogen-bond acceptors (Lipinski definition) is 3. The standard InChI is InChI=1S/C14H11FINO2/c1-8-3-4-11(15)10(5-8)9-6-12(16)13(17-7-9)14(18)19-2/h3-7H,1-2H3. The number of benzene rings is 1. The highest BCUT2D eigenvalue weighted by Gasteiger charge is 2.14. The van der Waals surface area contributed by atoms with Gasteiger partial charge in [0.05, 0.1) is 7.11 Å².